The first-order chi connectivity index (χ1) is 10.2. The summed E-state index contributed by atoms with van der Waals surface area (Å²) in [4.78, 5) is 23.9. The molecule has 0 saturated carbocycles. The molecule has 0 bridgehead atoms. The highest BCUT2D eigenvalue weighted by Gasteiger charge is 2.49. The molecule has 1 saturated heterocycles. The zero-order chi connectivity index (χ0) is 14.7. The SMILES string of the molecule is O=C1CC(Cc2ccccc2)(Cc2ccccc2)C(=O)O1. The lowest BCUT2D eigenvalue weighted by molar-refractivity contribution is -0.155. The standard InChI is InChI=1S/C18H16O3/c19-16-13-18(17(20)21-16,11-14-7-3-1-4-8-14)12-15-9-5-2-6-10-15/h1-10H,11-13H2. The van der Waals surface area contributed by atoms with Crippen LogP contribution < -0.4 is 0 Å². The van der Waals surface area contributed by atoms with E-state index < -0.39 is 17.4 Å². The van der Waals surface area contributed by atoms with Crippen LogP contribution in [0.2, 0.25) is 0 Å². The number of rotatable bonds is 4. The van der Waals surface area contributed by atoms with Crippen molar-refractivity contribution in [3.63, 3.8) is 0 Å². The van der Waals surface area contributed by atoms with E-state index in [0.29, 0.717) is 12.8 Å². The predicted molar refractivity (Wildman–Crippen MR) is 78.4 cm³/mol. The van der Waals surface area contributed by atoms with E-state index in [1.807, 2.05) is 60.7 Å². The number of carbonyl (C=O) groups excluding carboxylic acids is 2. The lowest BCUT2D eigenvalue weighted by atomic mass is 9.75. The number of cyclic esters (lactones) is 2. The molecule has 21 heavy (non-hydrogen) atoms. The number of ether oxygens (including phenoxy) is 1. The first-order valence-electron chi connectivity index (χ1n) is 7.01. The Hall–Kier alpha value is -2.42. The molecule has 0 N–H and O–H groups in total. The van der Waals surface area contributed by atoms with Gasteiger partial charge in [0, 0.05) is 0 Å². The lowest BCUT2D eigenvalue weighted by Crippen LogP contribution is -2.31. The highest BCUT2D eigenvalue weighted by molar-refractivity contribution is 5.97. The van der Waals surface area contributed by atoms with Crippen molar-refractivity contribution in [2.24, 2.45) is 5.41 Å². The summed E-state index contributed by atoms with van der Waals surface area (Å²) < 4.78 is 4.84. The van der Waals surface area contributed by atoms with Gasteiger partial charge in [-0.2, -0.15) is 0 Å². The molecule has 3 rings (SSSR count). The Bertz CT molecular complexity index is 605. The first-order valence-corrected chi connectivity index (χ1v) is 7.01. The van der Waals surface area contributed by atoms with Gasteiger partial charge < -0.3 is 4.74 Å². The van der Waals surface area contributed by atoms with Gasteiger partial charge in [0.05, 0.1) is 11.8 Å². The molecular weight excluding hydrogens is 264 g/mol. The Kier molecular flexibility index (Phi) is 3.57. The number of hydrogen-bond donors (Lipinski definition) is 0. The van der Waals surface area contributed by atoms with Gasteiger partial charge in [0.15, 0.2) is 0 Å². The van der Waals surface area contributed by atoms with Gasteiger partial charge in [0.1, 0.15) is 0 Å². The van der Waals surface area contributed by atoms with Crippen molar-refractivity contribution >= 4 is 11.9 Å². The van der Waals surface area contributed by atoms with E-state index in [2.05, 4.69) is 0 Å². The molecule has 2 aromatic rings. The monoisotopic (exact) mass is 280 g/mol. The molecule has 3 nitrogen and oxygen atoms in total. The maximum atomic E-state index is 12.3. The fourth-order valence-electron chi connectivity index (χ4n) is 2.90. The summed E-state index contributed by atoms with van der Waals surface area (Å²) in [6.45, 7) is 0. The fraction of sp³-hybridized carbons (Fsp3) is 0.222. The van der Waals surface area contributed by atoms with Gasteiger partial charge in [-0.1, -0.05) is 60.7 Å². The molecule has 1 aliphatic rings. The molecule has 0 radical (unpaired) electrons. The molecule has 1 fully saturated rings. The fourth-order valence-corrected chi connectivity index (χ4v) is 2.90. The number of carbonyl (C=O) groups is 2. The van der Waals surface area contributed by atoms with Crippen molar-refractivity contribution in [1.29, 1.82) is 0 Å². The molecule has 0 atom stereocenters. The minimum atomic E-state index is -0.778. The summed E-state index contributed by atoms with van der Waals surface area (Å²) in [5.74, 6) is -0.827. The summed E-state index contributed by atoms with van der Waals surface area (Å²) in [6.07, 6.45) is 1.19. The van der Waals surface area contributed by atoms with E-state index in [9.17, 15) is 9.59 Å². The van der Waals surface area contributed by atoms with Crippen LogP contribution in [0, 0.1) is 5.41 Å². The molecule has 2 aromatic carbocycles. The van der Waals surface area contributed by atoms with Crippen molar-refractivity contribution in [3.05, 3.63) is 71.8 Å². The van der Waals surface area contributed by atoms with Gasteiger partial charge in [-0.15, -0.1) is 0 Å². The highest BCUT2D eigenvalue weighted by atomic mass is 16.6. The van der Waals surface area contributed by atoms with Gasteiger partial charge in [-0.05, 0) is 24.0 Å². The van der Waals surface area contributed by atoms with Crippen LogP contribution >= 0.6 is 0 Å². The van der Waals surface area contributed by atoms with Crippen LogP contribution in [0.1, 0.15) is 17.5 Å². The first kappa shape index (κ1) is 13.6. The van der Waals surface area contributed by atoms with Crippen molar-refractivity contribution < 1.29 is 14.3 Å². The lowest BCUT2D eigenvalue weighted by Gasteiger charge is -2.24. The zero-order valence-electron chi connectivity index (χ0n) is 11.6. The van der Waals surface area contributed by atoms with Gasteiger partial charge in [0.2, 0.25) is 0 Å². The molecule has 0 spiro atoms. The van der Waals surface area contributed by atoms with Crippen molar-refractivity contribution in [1.82, 2.24) is 0 Å². The normalized spacial score (nSPS) is 16.8. The van der Waals surface area contributed by atoms with E-state index >= 15 is 0 Å². The minimum absolute atomic E-state index is 0.148. The Morgan fingerprint density at radius 3 is 1.67 bits per heavy atom. The summed E-state index contributed by atoms with van der Waals surface area (Å²) in [6, 6.07) is 19.5. The minimum Gasteiger partial charge on any atom is -0.393 e. The van der Waals surface area contributed by atoms with Gasteiger partial charge in [-0.25, -0.2) is 0 Å². The van der Waals surface area contributed by atoms with Crippen LogP contribution in [-0.4, -0.2) is 11.9 Å². The molecule has 0 aliphatic carbocycles. The van der Waals surface area contributed by atoms with Gasteiger partial charge in [-0.3, -0.25) is 9.59 Å². The highest BCUT2D eigenvalue weighted by Crippen LogP contribution is 2.38. The summed E-state index contributed by atoms with van der Waals surface area (Å²) in [5, 5.41) is 0. The number of hydrogen-bond acceptors (Lipinski definition) is 3. The molecule has 0 aromatic heterocycles. The summed E-state index contributed by atoms with van der Waals surface area (Å²) in [7, 11) is 0. The van der Waals surface area contributed by atoms with Gasteiger partial charge in [0.25, 0.3) is 0 Å². The van der Waals surface area contributed by atoms with Crippen molar-refractivity contribution in [2.45, 2.75) is 19.3 Å². The molecule has 3 heteroatoms. The summed E-state index contributed by atoms with van der Waals surface area (Å²) in [5.41, 5.74) is 1.31. The predicted octanol–water partition coefficient (Wildman–Crippen LogP) is 2.93. The topological polar surface area (TPSA) is 43.4 Å². The Labute approximate surface area is 123 Å². The third-order valence-electron chi connectivity index (χ3n) is 3.89. The van der Waals surface area contributed by atoms with Crippen LogP contribution in [-0.2, 0) is 27.2 Å². The van der Waals surface area contributed by atoms with Crippen LogP contribution in [0.5, 0.6) is 0 Å². The summed E-state index contributed by atoms with van der Waals surface area (Å²) >= 11 is 0. The third-order valence-corrected chi connectivity index (χ3v) is 3.89. The average molecular weight is 280 g/mol. The van der Waals surface area contributed by atoms with Crippen LogP contribution in [0.4, 0.5) is 0 Å². The van der Waals surface area contributed by atoms with Crippen LogP contribution in [0.3, 0.4) is 0 Å². The number of esters is 2. The molecule has 106 valence electrons. The second-order valence-electron chi connectivity index (χ2n) is 5.54. The van der Waals surface area contributed by atoms with E-state index in [1.54, 1.807) is 0 Å². The molecule has 0 amide bonds. The second kappa shape index (κ2) is 5.52. The Morgan fingerprint density at radius 2 is 1.29 bits per heavy atom. The van der Waals surface area contributed by atoms with Crippen molar-refractivity contribution in [3.8, 4) is 0 Å². The third kappa shape index (κ3) is 2.87. The van der Waals surface area contributed by atoms with Crippen LogP contribution in [0.25, 0.3) is 0 Å². The molecule has 1 aliphatic heterocycles. The van der Waals surface area contributed by atoms with E-state index in [1.165, 1.54) is 0 Å². The zero-order valence-corrected chi connectivity index (χ0v) is 11.6. The Morgan fingerprint density at radius 1 is 0.810 bits per heavy atom. The maximum Gasteiger partial charge on any atom is 0.320 e. The van der Waals surface area contributed by atoms with E-state index in [-0.39, 0.29) is 6.42 Å². The molecule has 1 heterocycles. The smallest absolute Gasteiger partial charge is 0.320 e. The molecule has 0 unspecified atom stereocenters. The quantitative estimate of drug-likeness (QED) is 0.639. The molecular formula is C18H16O3. The Balaban J connectivity index is 1.92. The second-order valence-corrected chi connectivity index (χ2v) is 5.54. The van der Waals surface area contributed by atoms with Crippen molar-refractivity contribution in [2.75, 3.05) is 0 Å². The largest absolute Gasteiger partial charge is 0.393 e. The maximum absolute atomic E-state index is 12.3. The van der Waals surface area contributed by atoms with E-state index in [0.717, 1.165) is 11.1 Å². The van der Waals surface area contributed by atoms with Gasteiger partial charge >= 0.3 is 11.9 Å². The average Bonchev–Trinajstić information content (AvgIpc) is 2.75. The number of benzene rings is 2. The van der Waals surface area contributed by atoms with Crippen LogP contribution in [0.15, 0.2) is 60.7 Å². The van der Waals surface area contributed by atoms with E-state index in [4.69, 9.17) is 4.74 Å².